The third-order valence-electron chi connectivity index (χ3n) is 4.82. The summed E-state index contributed by atoms with van der Waals surface area (Å²) in [7, 11) is 0. The molecule has 0 aliphatic carbocycles. The minimum Gasteiger partial charge on any atom is -0.478 e. The van der Waals surface area contributed by atoms with Crippen molar-refractivity contribution in [2.75, 3.05) is 31.6 Å². The van der Waals surface area contributed by atoms with Gasteiger partial charge < -0.3 is 30.5 Å². The van der Waals surface area contributed by atoms with Crippen LogP contribution in [0.25, 0.3) is 5.57 Å². The molecule has 1 aliphatic rings. The number of hydrogen-bond donors (Lipinski definition) is 5. The number of carboxylic acid groups (broad SMARTS) is 1. The van der Waals surface area contributed by atoms with E-state index in [1.54, 1.807) is 4.90 Å². The van der Waals surface area contributed by atoms with Gasteiger partial charge in [0.1, 0.15) is 11.7 Å². The number of aliphatic hydroxyl groups is 1. The van der Waals surface area contributed by atoms with Crippen LogP contribution in [0.15, 0.2) is 55.3 Å². The van der Waals surface area contributed by atoms with Crippen molar-refractivity contribution in [1.29, 1.82) is 5.41 Å². The molecule has 174 valence electrons. The van der Waals surface area contributed by atoms with Crippen LogP contribution < -0.4 is 10.6 Å². The zero-order chi connectivity index (χ0) is 24.0. The van der Waals surface area contributed by atoms with Gasteiger partial charge in [0.2, 0.25) is 0 Å². The van der Waals surface area contributed by atoms with E-state index >= 15 is 0 Å². The average Bonchev–Trinajstić information content (AvgIpc) is 2.81. The highest BCUT2D eigenvalue weighted by atomic mass is 35.5. The number of halogens is 2. The number of pyridine rings is 1. The van der Waals surface area contributed by atoms with Crippen molar-refractivity contribution in [3.63, 3.8) is 0 Å². The number of carboxylic acids is 1. The van der Waals surface area contributed by atoms with Crippen LogP contribution in [0.2, 0.25) is 5.02 Å². The lowest BCUT2D eigenvalue weighted by molar-refractivity contribution is -0.0338. The fourth-order valence-corrected chi connectivity index (χ4v) is 3.32. The summed E-state index contributed by atoms with van der Waals surface area (Å²) in [5, 5.41) is 33.3. The summed E-state index contributed by atoms with van der Waals surface area (Å²) in [6.07, 6.45) is 3.73. The number of rotatable bonds is 8. The van der Waals surface area contributed by atoms with Crippen LogP contribution >= 0.6 is 11.6 Å². The van der Waals surface area contributed by atoms with E-state index in [2.05, 4.69) is 22.2 Å². The van der Waals surface area contributed by atoms with E-state index in [1.807, 2.05) is 0 Å². The lowest BCUT2D eigenvalue weighted by atomic mass is 10.0. The van der Waals surface area contributed by atoms with Crippen LogP contribution in [-0.4, -0.2) is 64.3 Å². The Morgan fingerprint density at radius 3 is 2.85 bits per heavy atom. The van der Waals surface area contributed by atoms with E-state index in [0.717, 1.165) is 0 Å². The SMILES string of the molecule is C=C(NC=C(C(=N)N1CCOC(CO)C1)c1cncc(C(=O)O)c1)Nc1ccc(F)c(Cl)c1. The van der Waals surface area contributed by atoms with Crippen LogP contribution in [0.1, 0.15) is 15.9 Å². The Morgan fingerprint density at radius 2 is 2.15 bits per heavy atom. The average molecular weight is 476 g/mol. The Hall–Kier alpha value is -3.47. The maximum absolute atomic E-state index is 13.4. The summed E-state index contributed by atoms with van der Waals surface area (Å²) in [6.45, 7) is 4.73. The highest BCUT2D eigenvalue weighted by Gasteiger charge is 2.24. The molecule has 1 aromatic carbocycles. The quantitative estimate of drug-likeness (QED) is 0.291. The lowest BCUT2D eigenvalue weighted by Gasteiger charge is -2.34. The molecule has 0 amide bonds. The third-order valence-corrected chi connectivity index (χ3v) is 5.11. The molecule has 0 spiro atoms. The van der Waals surface area contributed by atoms with Gasteiger partial charge in [-0.2, -0.15) is 0 Å². The minimum absolute atomic E-state index is 0.0284. The Balaban J connectivity index is 1.85. The zero-order valence-electron chi connectivity index (χ0n) is 17.5. The normalized spacial score (nSPS) is 16.3. The Bertz CT molecular complexity index is 1090. The first kappa shape index (κ1) is 24.2. The van der Waals surface area contributed by atoms with Crippen molar-refractivity contribution in [1.82, 2.24) is 15.2 Å². The number of ether oxygens (including phenoxy) is 1. The largest absolute Gasteiger partial charge is 0.478 e. The molecule has 1 atom stereocenters. The molecule has 11 heteroatoms. The van der Waals surface area contributed by atoms with Crippen LogP contribution in [0.4, 0.5) is 10.1 Å². The highest BCUT2D eigenvalue weighted by molar-refractivity contribution is 6.31. The van der Waals surface area contributed by atoms with Gasteiger partial charge in [0.05, 0.1) is 35.7 Å². The molecule has 2 heterocycles. The van der Waals surface area contributed by atoms with Gasteiger partial charge in [-0.05, 0) is 24.3 Å². The molecule has 1 saturated heterocycles. The van der Waals surface area contributed by atoms with E-state index in [0.29, 0.717) is 42.3 Å². The van der Waals surface area contributed by atoms with Gasteiger partial charge in [0.25, 0.3) is 0 Å². The van der Waals surface area contributed by atoms with Crippen molar-refractivity contribution >= 4 is 34.7 Å². The number of amidine groups is 1. The van der Waals surface area contributed by atoms with Crippen LogP contribution in [0, 0.1) is 11.2 Å². The number of nitrogens with zero attached hydrogens (tertiary/aromatic N) is 2. The first-order valence-electron chi connectivity index (χ1n) is 9.91. The molecule has 1 fully saturated rings. The second-order valence-electron chi connectivity index (χ2n) is 7.17. The monoisotopic (exact) mass is 475 g/mol. The number of aromatic nitrogens is 1. The number of benzene rings is 1. The fourth-order valence-electron chi connectivity index (χ4n) is 3.14. The molecule has 1 unspecified atom stereocenters. The molecular weight excluding hydrogens is 453 g/mol. The van der Waals surface area contributed by atoms with Gasteiger partial charge in [-0.1, -0.05) is 18.2 Å². The van der Waals surface area contributed by atoms with Crippen molar-refractivity contribution in [3.8, 4) is 0 Å². The van der Waals surface area contributed by atoms with E-state index in [1.165, 1.54) is 42.9 Å². The topological polar surface area (TPSA) is 131 Å². The second kappa shape index (κ2) is 10.9. The van der Waals surface area contributed by atoms with Gasteiger partial charge in [-0.3, -0.25) is 10.4 Å². The van der Waals surface area contributed by atoms with Crippen molar-refractivity contribution in [2.45, 2.75) is 6.10 Å². The molecule has 5 N–H and O–H groups in total. The summed E-state index contributed by atoms with van der Waals surface area (Å²) >= 11 is 5.80. The molecule has 0 saturated carbocycles. The van der Waals surface area contributed by atoms with E-state index < -0.39 is 17.9 Å². The van der Waals surface area contributed by atoms with E-state index in [-0.39, 0.29) is 23.0 Å². The van der Waals surface area contributed by atoms with Crippen LogP contribution in [0.3, 0.4) is 0 Å². The van der Waals surface area contributed by atoms with E-state index in [9.17, 15) is 19.4 Å². The summed E-state index contributed by atoms with van der Waals surface area (Å²) in [6, 6.07) is 5.52. The number of hydrogen-bond acceptors (Lipinski definition) is 7. The van der Waals surface area contributed by atoms with Crippen LogP contribution in [-0.2, 0) is 4.74 Å². The van der Waals surface area contributed by atoms with Crippen molar-refractivity contribution < 1.29 is 24.1 Å². The Labute approximate surface area is 194 Å². The summed E-state index contributed by atoms with van der Waals surface area (Å²) in [5.74, 6) is -1.30. The number of carbonyl (C=O) groups is 1. The maximum Gasteiger partial charge on any atom is 0.337 e. The number of aliphatic hydroxyl groups excluding tert-OH is 1. The molecule has 33 heavy (non-hydrogen) atoms. The Kier molecular flexibility index (Phi) is 7.99. The smallest absolute Gasteiger partial charge is 0.337 e. The first-order valence-corrected chi connectivity index (χ1v) is 10.3. The van der Waals surface area contributed by atoms with Gasteiger partial charge in [0.15, 0.2) is 0 Å². The fraction of sp³-hybridized carbons (Fsp3) is 0.227. The molecule has 1 aromatic heterocycles. The number of anilines is 1. The third kappa shape index (κ3) is 6.28. The molecular formula is C22H23ClFN5O4. The number of morpholine rings is 1. The van der Waals surface area contributed by atoms with Crippen molar-refractivity contribution in [3.05, 3.63) is 77.2 Å². The first-order chi connectivity index (χ1) is 15.8. The van der Waals surface area contributed by atoms with E-state index in [4.69, 9.17) is 21.7 Å². The molecule has 0 radical (unpaired) electrons. The number of aromatic carboxylic acids is 1. The predicted molar refractivity (Wildman–Crippen MR) is 123 cm³/mol. The standard InChI is InChI=1S/C22H23ClFN5O4/c1-13(28-16-2-3-20(24)19(23)7-16)27-10-18(14-6-15(22(31)32)9-26-8-14)21(25)29-4-5-33-17(11-29)12-30/h2-3,6-10,17,25,27-28,30H,1,4-5,11-12H2,(H,31,32). The lowest BCUT2D eigenvalue weighted by Crippen LogP contribution is -2.47. The molecule has 2 aromatic rings. The highest BCUT2D eigenvalue weighted by Crippen LogP contribution is 2.22. The number of nitrogens with one attached hydrogen (secondary N) is 3. The molecule has 9 nitrogen and oxygen atoms in total. The van der Waals surface area contributed by atoms with Gasteiger partial charge in [-0.25, -0.2) is 9.18 Å². The summed E-state index contributed by atoms with van der Waals surface area (Å²) in [4.78, 5) is 17.1. The second-order valence-corrected chi connectivity index (χ2v) is 7.58. The molecule has 0 bridgehead atoms. The van der Waals surface area contributed by atoms with Crippen LogP contribution in [0.5, 0.6) is 0 Å². The van der Waals surface area contributed by atoms with Crippen molar-refractivity contribution in [2.24, 2.45) is 0 Å². The molecule has 3 rings (SSSR count). The Morgan fingerprint density at radius 1 is 1.39 bits per heavy atom. The molecule has 1 aliphatic heterocycles. The van der Waals surface area contributed by atoms with Gasteiger partial charge in [-0.15, -0.1) is 0 Å². The minimum atomic E-state index is -1.14. The van der Waals surface area contributed by atoms with Gasteiger partial charge >= 0.3 is 5.97 Å². The predicted octanol–water partition coefficient (Wildman–Crippen LogP) is 2.76. The summed E-state index contributed by atoms with van der Waals surface area (Å²) in [5.41, 5.74) is 1.22. The maximum atomic E-state index is 13.4. The zero-order valence-corrected chi connectivity index (χ0v) is 18.3. The van der Waals surface area contributed by atoms with Gasteiger partial charge in [0, 0.05) is 48.5 Å². The summed E-state index contributed by atoms with van der Waals surface area (Å²) < 4.78 is 18.8.